The van der Waals surface area contributed by atoms with Crippen molar-refractivity contribution in [3.05, 3.63) is 30.3 Å². The van der Waals surface area contributed by atoms with E-state index >= 15 is 0 Å². The molecule has 0 spiro atoms. The molecule has 6 heteroatoms. The van der Waals surface area contributed by atoms with Gasteiger partial charge < -0.3 is 14.9 Å². The Hall–Kier alpha value is -1.79. The minimum Gasteiger partial charge on any atom is -0.446 e. The van der Waals surface area contributed by atoms with E-state index in [1.165, 1.54) is 0 Å². The average Bonchev–Trinajstić information content (AvgIpc) is 2.34. The molecule has 0 saturated heterocycles. The van der Waals surface area contributed by atoms with Gasteiger partial charge in [0.15, 0.2) is 0 Å². The highest BCUT2D eigenvalue weighted by atomic mass is 16.6. The van der Waals surface area contributed by atoms with Crippen molar-refractivity contribution in [3.63, 3.8) is 0 Å². The number of benzene rings is 1. The van der Waals surface area contributed by atoms with Gasteiger partial charge in [0.1, 0.15) is 12.7 Å². The molecular weight excluding hydrogens is 212 g/mol. The molecule has 1 amide bonds. The Labute approximate surface area is 92.8 Å². The zero-order valence-electron chi connectivity index (χ0n) is 8.59. The molecular formula is C10H14N2O4. The summed E-state index contributed by atoms with van der Waals surface area (Å²) in [6, 6.07) is 9.00. The molecule has 0 radical (unpaired) electrons. The number of carbonyl (C=O) groups excluding carboxylic acids is 1. The highest BCUT2D eigenvalue weighted by molar-refractivity contribution is 5.69. The van der Waals surface area contributed by atoms with Gasteiger partial charge in [-0.25, -0.2) is 10.2 Å². The molecule has 16 heavy (non-hydrogen) atoms. The lowest BCUT2D eigenvalue weighted by molar-refractivity contribution is 0.0327. The molecule has 6 nitrogen and oxygen atoms in total. The molecule has 88 valence electrons. The fourth-order valence-corrected chi connectivity index (χ4v) is 0.905. The van der Waals surface area contributed by atoms with Gasteiger partial charge in [0.05, 0.1) is 12.3 Å². The quantitative estimate of drug-likeness (QED) is 0.534. The van der Waals surface area contributed by atoms with E-state index in [9.17, 15) is 4.79 Å². The average molecular weight is 226 g/mol. The van der Waals surface area contributed by atoms with Gasteiger partial charge in [0, 0.05) is 0 Å². The molecule has 1 rings (SSSR count). The number of carbonyl (C=O) groups is 1. The first-order valence-corrected chi connectivity index (χ1v) is 4.75. The van der Waals surface area contributed by atoms with E-state index in [2.05, 4.69) is 15.6 Å². The van der Waals surface area contributed by atoms with Crippen LogP contribution in [0.5, 0.6) is 0 Å². The van der Waals surface area contributed by atoms with Gasteiger partial charge >= 0.3 is 6.09 Å². The number of aliphatic hydroxyl groups is 2. The molecule has 4 N–H and O–H groups in total. The molecule has 0 heterocycles. The van der Waals surface area contributed by atoms with Gasteiger partial charge in [-0.05, 0) is 12.1 Å². The van der Waals surface area contributed by atoms with Crippen LogP contribution >= 0.6 is 0 Å². The minimum atomic E-state index is -1.05. The van der Waals surface area contributed by atoms with Gasteiger partial charge in [-0.2, -0.15) is 0 Å². The van der Waals surface area contributed by atoms with Crippen molar-refractivity contribution in [1.82, 2.24) is 5.43 Å². The lowest BCUT2D eigenvalue weighted by Crippen LogP contribution is -2.33. The van der Waals surface area contributed by atoms with Crippen LogP contribution in [0.4, 0.5) is 10.5 Å². The van der Waals surface area contributed by atoms with Crippen LogP contribution in [0, 0.1) is 0 Å². The van der Waals surface area contributed by atoms with Crippen LogP contribution in [0.15, 0.2) is 30.3 Å². The Morgan fingerprint density at radius 2 is 2.06 bits per heavy atom. The topological polar surface area (TPSA) is 90.8 Å². The zero-order valence-corrected chi connectivity index (χ0v) is 8.59. The number of para-hydroxylation sites is 1. The van der Waals surface area contributed by atoms with E-state index < -0.39 is 18.8 Å². The maximum atomic E-state index is 11.0. The van der Waals surface area contributed by atoms with Gasteiger partial charge in [-0.15, -0.1) is 0 Å². The fraction of sp³-hybridized carbons (Fsp3) is 0.300. The normalized spacial score (nSPS) is 11.6. The Balaban J connectivity index is 2.20. The zero-order chi connectivity index (χ0) is 11.8. The van der Waals surface area contributed by atoms with Crippen molar-refractivity contribution in [2.75, 3.05) is 18.6 Å². The monoisotopic (exact) mass is 226 g/mol. The van der Waals surface area contributed by atoms with Crippen LogP contribution in [0.1, 0.15) is 0 Å². The summed E-state index contributed by atoms with van der Waals surface area (Å²) in [7, 11) is 0. The predicted molar refractivity (Wildman–Crippen MR) is 57.6 cm³/mol. The number of rotatable bonds is 5. The molecule has 1 aromatic carbocycles. The Kier molecular flexibility index (Phi) is 5.10. The largest absolute Gasteiger partial charge is 0.446 e. The molecule has 0 aliphatic heterocycles. The maximum Gasteiger partial charge on any atom is 0.426 e. The summed E-state index contributed by atoms with van der Waals surface area (Å²) in [5.41, 5.74) is 5.60. The van der Waals surface area contributed by atoms with Gasteiger partial charge in [0.25, 0.3) is 0 Å². The van der Waals surface area contributed by atoms with Crippen LogP contribution in [-0.4, -0.2) is 35.6 Å². The SMILES string of the molecule is O=C(NNc1ccccc1)OCC(O)CO. The third-order valence-electron chi connectivity index (χ3n) is 1.70. The summed E-state index contributed by atoms with van der Waals surface area (Å²) in [5, 5.41) is 17.4. The number of amides is 1. The Morgan fingerprint density at radius 1 is 1.38 bits per heavy atom. The number of ether oxygens (including phenoxy) is 1. The van der Waals surface area contributed by atoms with Crippen molar-refractivity contribution >= 4 is 11.8 Å². The minimum absolute atomic E-state index is 0.251. The number of hydrogen-bond donors (Lipinski definition) is 4. The first kappa shape index (κ1) is 12.3. The molecule has 1 atom stereocenters. The Bertz CT molecular complexity index is 318. The molecule has 0 aliphatic rings. The molecule has 0 bridgehead atoms. The number of aliphatic hydroxyl groups excluding tert-OH is 2. The number of nitrogens with one attached hydrogen (secondary N) is 2. The molecule has 0 aliphatic carbocycles. The van der Waals surface area contributed by atoms with Gasteiger partial charge in [0.2, 0.25) is 0 Å². The van der Waals surface area contributed by atoms with Crippen molar-refractivity contribution in [2.24, 2.45) is 0 Å². The summed E-state index contributed by atoms with van der Waals surface area (Å²) < 4.78 is 4.59. The van der Waals surface area contributed by atoms with Crippen LogP contribution in [0.2, 0.25) is 0 Å². The summed E-state index contributed by atoms with van der Waals surface area (Å²) in [5.74, 6) is 0. The predicted octanol–water partition coefficient (Wildman–Crippen LogP) is 0.0929. The highest BCUT2D eigenvalue weighted by Gasteiger charge is 2.06. The summed E-state index contributed by atoms with van der Waals surface area (Å²) >= 11 is 0. The van der Waals surface area contributed by atoms with Crippen molar-refractivity contribution in [1.29, 1.82) is 0 Å². The number of anilines is 1. The molecule has 0 saturated carbocycles. The Morgan fingerprint density at radius 3 is 2.69 bits per heavy atom. The van der Waals surface area contributed by atoms with E-state index in [1.807, 2.05) is 18.2 Å². The first-order chi connectivity index (χ1) is 7.72. The third-order valence-corrected chi connectivity index (χ3v) is 1.70. The second-order valence-electron chi connectivity index (χ2n) is 3.05. The lowest BCUT2D eigenvalue weighted by atomic mass is 10.3. The molecule has 1 unspecified atom stereocenters. The maximum absolute atomic E-state index is 11.0. The summed E-state index contributed by atoms with van der Waals surface area (Å²) in [6.45, 7) is -0.696. The van der Waals surface area contributed by atoms with E-state index in [1.54, 1.807) is 12.1 Å². The van der Waals surface area contributed by atoms with E-state index in [0.29, 0.717) is 5.69 Å². The van der Waals surface area contributed by atoms with E-state index in [-0.39, 0.29) is 6.61 Å². The van der Waals surface area contributed by atoms with E-state index in [0.717, 1.165) is 0 Å². The number of hydrazine groups is 1. The van der Waals surface area contributed by atoms with Crippen molar-refractivity contribution in [3.8, 4) is 0 Å². The van der Waals surface area contributed by atoms with Crippen molar-refractivity contribution in [2.45, 2.75) is 6.10 Å². The number of hydrogen-bond acceptors (Lipinski definition) is 5. The van der Waals surface area contributed by atoms with Crippen molar-refractivity contribution < 1.29 is 19.7 Å². The van der Waals surface area contributed by atoms with Crippen LogP contribution < -0.4 is 10.9 Å². The van der Waals surface area contributed by atoms with Gasteiger partial charge in [-0.1, -0.05) is 18.2 Å². The molecule has 0 fully saturated rings. The smallest absolute Gasteiger partial charge is 0.426 e. The summed E-state index contributed by atoms with van der Waals surface area (Å²) in [6.07, 6.45) is -1.78. The highest BCUT2D eigenvalue weighted by Crippen LogP contribution is 2.02. The standard InChI is InChI=1S/C10H14N2O4/c13-6-9(14)7-16-10(15)12-11-8-4-2-1-3-5-8/h1-5,9,11,13-14H,6-7H2,(H,12,15). The lowest BCUT2D eigenvalue weighted by Gasteiger charge is -2.10. The second kappa shape index (κ2) is 6.65. The van der Waals surface area contributed by atoms with Crippen LogP contribution in [0.25, 0.3) is 0 Å². The third kappa shape index (κ3) is 4.63. The summed E-state index contributed by atoms with van der Waals surface area (Å²) in [4.78, 5) is 11.0. The molecule has 1 aromatic rings. The molecule has 0 aromatic heterocycles. The van der Waals surface area contributed by atoms with Gasteiger partial charge in [-0.3, -0.25) is 5.43 Å². The van der Waals surface area contributed by atoms with Crippen LogP contribution in [-0.2, 0) is 4.74 Å². The van der Waals surface area contributed by atoms with E-state index in [4.69, 9.17) is 10.2 Å². The van der Waals surface area contributed by atoms with Crippen LogP contribution in [0.3, 0.4) is 0 Å². The first-order valence-electron chi connectivity index (χ1n) is 4.75. The fourth-order valence-electron chi connectivity index (χ4n) is 0.905. The second-order valence-corrected chi connectivity index (χ2v) is 3.05.